The largest absolute Gasteiger partial charge is 0.367 e. The van der Waals surface area contributed by atoms with Crippen molar-refractivity contribution in [3.05, 3.63) is 59.9 Å². The summed E-state index contributed by atoms with van der Waals surface area (Å²) in [5.41, 5.74) is 4.89. The first-order chi connectivity index (χ1) is 13.6. The second kappa shape index (κ2) is 7.82. The molecule has 0 bridgehead atoms. The van der Waals surface area contributed by atoms with E-state index in [4.69, 9.17) is 0 Å². The molecule has 0 unspecified atom stereocenters. The first kappa shape index (κ1) is 18.2. The number of likely N-dealkylation sites (N-methyl/N-ethyl adjacent to an activating group) is 1. The van der Waals surface area contributed by atoms with Crippen molar-refractivity contribution < 1.29 is 4.79 Å². The number of carbonyl (C=O) groups is 1. The van der Waals surface area contributed by atoms with Gasteiger partial charge in [-0.1, -0.05) is 12.1 Å². The van der Waals surface area contributed by atoms with Gasteiger partial charge in [0.2, 0.25) is 0 Å². The van der Waals surface area contributed by atoms with Gasteiger partial charge in [0.05, 0.1) is 22.8 Å². The summed E-state index contributed by atoms with van der Waals surface area (Å²) in [6.07, 6.45) is 1.67. The fourth-order valence-corrected chi connectivity index (χ4v) is 3.35. The molecule has 1 fully saturated rings. The van der Waals surface area contributed by atoms with Crippen LogP contribution in [0.2, 0.25) is 0 Å². The molecule has 0 saturated carbocycles. The van der Waals surface area contributed by atoms with Crippen molar-refractivity contribution in [3.8, 4) is 11.4 Å². The number of H-pyrrole nitrogens is 1. The zero-order valence-electron chi connectivity index (χ0n) is 16.1. The summed E-state index contributed by atoms with van der Waals surface area (Å²) in [5, 5.41) is 9.87. The van der Waals surface area contributed by atoms with Gasteiger partial charge in [0.25, 0.3) is 5.91 Å². The molecule has 2 aromatic heterocycles. The molecule has 7 nitrogen and oxygen atoms in total. The minimum Gasteiger partial charge on any atom is -0.367 e. The monoisotopic (exact) mass is 376 g/mol. The molecule has 4 rings (SSSR count). The molecule has 0 spiro atoms. The van der Waals surface area contributed by atoms with Crippen LogP contribution in [0.25, 0.3) is 11.4 Å². The van der Waals surface area contributed by atoms with Crippen molar-refractivity contribution in [2.45, 2.75) is 6.92 Å². The van der Waals surface area contributed by atoms with Crippen LogP contribution in [0.4, 0.5) is 11.4 Å². The molecular weight excluding hydrogens is 352 g/mol. The number of pyridine rings is 1. The topological polar surface area (TPSA) is 77.1 Å². The maximum atomic E-state index is 12.9. The lowest BCUT2D eigenvalue weighted by molar-refractivity contribution is 0.102. The Morgan fingerprint density at radius 3 is 2.68 bits per heavy atom. The number of piperazine rings is 1. The van der Waals surface area contributed by atoms with E-state index in [1.54, 1.807) is 12.3 Å². The number of hydrogen-bond acceptors (Lipinski definition) is 5. The van der Waals surface area contributed by atoms with Crippen LogP contribution in [-0.4, -0.2) is 59.2 Å². The second-order valence-electron chi connectivity index (χ2n) is 7.14. The van der Waals surface area contributed by atoms with Gasteiger partial charge >= 0.3 is 0 Å². The van der Waals surface area contributed by atoms with Crippen LogP contribution in [0.3, 0.4) is 0 Å². The predicted octanol–water partition coefficient (Wildman–Crippen LogP) is 2.78. The molecule has 3 aromatic rings. The normalized spacial score (nSPS) is 14.9. The van der Waals surface area contributed by atoms with Crippen molar-refractivity contribution in [1.29, 1.82) is 0 Å². The molecule has 0 atom stereocenters. The van der Waals surface area contributed by atoms with Gasteiger partial charge in [0.1, 0.15) is 5.69 Å². The fourth-order valence-electron chi connectivity index (χ4n) is 3.35. The highest BCUT2D eigenvalue weighted by molar-refractivity contribution is 6.05. The van der Waals surface area contributed by atoms with E-state index in [1.807, 2.05) is 30.3 Å². The Balaban J connectivity index is 1.57. The maximum Gasteiger partial charge on any atom is 0.274 e. The summed E-state index contributed by atoms with van der Waals surface area (Å²) >= 11 is 0. The van der Waals surface area contributed by atoms with E-state index in [1.165, 1.54) is 5.56 Å². The van der Waals surface area contributed by atoms with E-state index in [-0.39, 0.29) is 5.91 Å². The van der Waals surface area contributed by atoms with Crippen LogP contribution < -0.4 is 10.2 Å². The third-order valence-electron chi connectivity index (χ3n) is 5.00. The molecule has 1 amide bonds. The number of amides is 1. The van der Waals surface area contributed by atoms with Crippen LogP contribution in [0.15, 0.2) is 48.7 Å². The Bertz CT molecular complexity index is 961. The molecular formula is C21H24N6O. The predicted molar refractivity (Wildman–Crippen MR) is 111 cm³/mol. The average Bonchev–Trinajstić information content (AvgIpc) is 3.25. The van der Waals surface area contributed by atoms with E-state index in [0.717, 1.165) is 43.2 Å². The van der Waals surface area contributed by atoms with Crippen LogP contribution in [0.5, 0.6) is 0 Å². The molecule has 144 valence electrons. The Hall–Kier alpha value is -3.19. The fraction of sp³-hybridized carbons (Fsp3) is 0.286. The standard InChI is InChI=1S/C21H24N6O/c1-15-6-7-18(20(14-15)27-12-10-26(2)11-13-27)24-21(28)19-5-3-4-16(23-19)17-8-9-22-25-17/h3-9,14H,10-13H2,1-2H3,(H,22,25)(H,24,28). The molecule has 0 radical (unpaired) electrons. The average molecular weight is 376 g/mol. The first-order valence-electron chi connectivity index (χ1n) is 9.42. The summed E-state index contributed by atoms with van der Waals surface area (Å²) in [5.74, 6) is -0.222. The smallest absolute Gasteiger partial charge is 0.274 e. The molecule has 7 heteroatoms. The van der Waals surface area contributed by atoms with E-state index in [9.17, 15) is 4.79 Å². The number of nitrogens with one attached hydrogen (secondary N) is 2. The number of carbonyl (C=O) groups excluding carboxylic acids is 1. The molecule has 1 aliphatic heterocycles. The van der Waals surface area contributed by atoms with E-state index < -0.39 is 0 Å². The van der Waals surface area contributed by atoms with Gasteiger partial charge in [-0.25, -0.2) is 4.98 Å². The lowest BCUT2D eigenvalue weighted by Crippen LogP contribution is -2.44. The van der Waals surface area contributed by atoms with E-state index in [2.05, 4.69) is 50.3 Å². The molecule has 1 aliphatic rings. The van der Waals surface area contributed by atoms with Gasteiger partial charge in [-0.3, -0.25) is 9.89 Å². The Labute approximate surface area is 164 Å². The minimum absolute atomic E-state index is 0.222. The highest BCUT2D eigenvalue weighted by atomic mass is 16.1. The van der Waals surface area contributed by atoms with Crippen LogP contribution >= 0.6 is 0 Å². The molecule has 1 saturated heterocycles. The summed E-state index contributed by atoms with van der Waals surface area (Å²) in [7, 11) is 2.13. The van der Waals surface area contributed by atoms with E-state index >= 15 is 0 Å². The summed E-state index contributed by atoms with van der Waals surface area (Å²) in [6.45, 7) is 5.97. The van der Waals surface area contributed by atoms with Gasteiger partial charge in [-0.05, 0) is 49.9 Å². The van der Waals surface area contributed by atoms with Gasteiger partial charge in [-0.15, -0.1) is 0 Å². The SMILES string of the molecule is Cc1ccc(NC(=O)c2cccc(-c3ccn[nH]3)n2)c(N2CCN(C)CC2)c1. The molecule has 2 N–H and O–H groups in total. The summed E-state index contributed by atoms with van der Waals surface area (Å²) in [4.78, 5) is 22.0. The Morgan fingerprint density at radius 1 is 1.11 bits per heavy atom. The van der Waals surface area contributed by atoms with Gasteiger partial charge in [-0.2, -0.15) is 5.10 Å². The molecule has 1 aromatic carbocycles. The third kappa shape index (κ3) is 3.89. The number of rotatable bonds is 4. The van der Waals surface area contributed by atoms with Gasteiger partial charge in [0, 0.05) is 32.4 Å². The van der Waals surface area contributed by atoms with Gasteiger partial charge < -0.3 is 15.1 Å². The van der Waals surface area contributed by atoms with Crippen LogP contribution in [0, 0.1) is 6.92 Å². The molecule has 0 aliphatic carbocycles. The van der Waals surface area contributed by atoms with Crippen molar-refractivity contribution in [3.63, 3.8) is 0 Å². The Morgan fingerprint density at radius 2 is 1.93 bits per heavy atom. The zero-order valence-corrected chi connectivity index (χ0v) is 16.1. The van der Waals surface area contributed by atoms with Crippen molar-refractivity contribution >= 4 is 17.3 Å². The Kier molecular flexibility index (Phi) is 5.08. The number of nitrogens with zero attached hydrogens (tertiary/aromatic N) is 4. The van der Waals surface area contributed by atoms with Gasteiger partial charge in [0.15, 0.2) is 0 Å². The number of benzene rings is 1. The van der Waals surface area contributed by atoms with Crippen molar-refractivity contribution in [2.24, 2.45) is 0 Å². The minimum atomic E-state index is -0.222. The highest BCUT2D eigenvalue weighted by Gasteiger charge is 2.19. The maximum absolute atomic E-state index is 12.9. The van der Waals surface area contributed by atoms with E-state index in [0.29, 0.717) is 11.4 Å². The van der Waals surface area contributed by atoms with Crippen molar-refractivity contribution in [1.82, 2.24) is 20.1 Å². The van der Waals surface area contributed by atoms with Crippen LogP contribution in [-0.2, 0) is 0 Å². The number of anilines is 2. The number of aromatic amines is 1. The number of hydrogen-bond donors (Lipinski definition) is 2. The lowest BCUT2D eigenvalue weighted by Gasteiger charge is -2.35. The number of aromatic nitrogens is 3. The molecule has 28 heavy (non-hydrogen) atoms. The quantitative estimate of drug-likeness (QED) is 0.732. The summed E-state index contributed by atoms with van der Waals surface area (Å²) < 4.78 is 0. The second-order valence-corrected chi connectivity index (χ2v) is 7.14. The summed E-state index contributed by atoms with van der Waals surface area (Å²) in [6, 6.07) is 13.4. The zero-order chi connectivity index (χ0) is 19.5. The van der Waals surface area contributed by atoms with Crippen molar-refractivity contribution in [2.75, 3.05) is 43.4 Å². The molecule has 3 heterocycles. The highest BCUT2D eigenvalue weighted by Crippen LogP contribution is 2.28. The third-order valence-corrected chi connectivity index (χ3v) is 5.00. The lowest BCUT2D eigenvalue weighted by atomic mass is 10.1. The van der Waals surface area contributed by atoms with Crippen LogP contribution in [0.1, 0.15) is 16.1 Å². The number of aryl methyl sites for hydroxylation is 1. The first-order valence-corrected chi connectivity index (χ1v) is 9.42.